The Balaban J connectivity index is 1.39. The maximum Gasteiger partial charge on any atom is 0.254 e. The topological polar surface area (TPSA) is 95.1 Å². The minimum absolute atomic E-state index is 0.0105. The van der Waals surface area contributed by atoms with Crippen molar-refractivity contribution < 1.29 is 9.21 Å². The van der Waals surface area contributed by atoms with Crippen LogP contribution in [0.5, 0.6) is 0 Å². The van der Waals surface area contributed by atoms with Crippen molar-refractivity contribution >= 4 is 5.91 Å². The maximum absolute atomic E-state index is 13.9. The number of aromatic nitrogens is 2. The maximum atomic E-state index is 13.9. The summed E-state index contributed by atoms with van der Waals surface area (Å²) in [5, 5.41) is 22.3. The standard InChI is InChI=1S/C34H35N5O2/c1-2-10-28-14-9-18-39(28)34(40)27-20-25(29-15-7-6-13-24(29)22-35)19-26(21-27)32-37-38-33(41-32)31-30(16-8-17-36-31)23-11-4-3-5-12-23/h3-7,11-13,15,19-21,28,30-31,36H,2,8-10,14,16-18H2,1H3/t28?,30-,31-/m0/s1. The third-order valence-electron chi connectivity index (χ3n) is 8.44. The lowest BCUT2D eigenvalue weighted by molar-refractivity contribution is 0.0730. The fraction of sp³-hybridized carbons (Fsp3) is 0.353. The highest BCUT2D eigenvalue weighted by Gasteiger charge is 2.33. The summed E-state index contributed by atoms with van der Waals surface area (Å²) in [6.45, 7) is 3.81. The van der Waals surface area contributed by atoms with Gasteiger partial charge in [-0.1, -0.05) is 61.9 Å². The molecule has 1 N–H and O–H groups in total. The van der Waals surface area contributed by atoms with Gasteiger partial charge in [0.2, 0.25) is 11.8 Å². The van der Waals surface area contributed by atoms with E-state index in [0.717, 1.165) is 62.7 Å². The fourth-order valence-electron chi connectivity index (χ4n) is 6.45. The number of nitriles is 1. The Kier molecular flexibility index (Phi) is 7.93. The number of carbonyl (C=O) groups excluding carboxylic acids is 1. The van der Waals surface area contributed by atoms with E-state index in [0.29, 0.717) is 28.5 Å². The van der Waals surface area contributed by atoms with Crippen molar-refractivity contribution in [3.63, 3.8) is 0 Å². The minimum Gasteiger partial charge on any atom is -0.419 e. The van der Waals surface area contributed by atoms with Crippen LogP contribution < -0.4 is 5.32 Å². The molecular weight excluding hydrogens is 510 g/mol. The van der Waals surface area contributed by atoms with Crippen LogP contribution in [0, 0.1) is 11.3 Å². The predicted molar refractivity (Wildman–Crippen MR) is 158 cm³/mol. The third-order valence-corrected chi connectivity index (χ3v) is 8.44. The second-order valence-electron chi connectivity index (χ2n) is 11.1. The first kappa shape index (κ1) is 26.9. The molecule has 0 aliphatic carbocycles. The molecule has 0 saturated carbocycles. The molecule has 3 atom stereocenters. The Labute approximate surface area is 241 Å². The smallest absolute Gasteiger partial charge is 0.254 e. The Morgan fingerprint density at radius 1 is 1.02 bits per heavy atom. The highest BCUT2D eigenvalue weighted by atomic mass is 16.4. The Morgan fingerprint density at radius 3 is 2.66 bits per heavy atom. The largest absolute Gasteiger partial charge is 0.419 e. The Morgan fingerprint density at radius 2 is 1.83 bits per heavy atom. The van der Waals surface area contributed by atoms with Crippen molar-refractivity contribution in [3.05, 3.63) is 95.4 Å². The first-order valence-corrected chi connectivity index (χ1v) is 14.7. The van der Waals surface area contributed by atoms with E-state index in [2.05, 4.69) is 52.8 Å². The van der Waals surface area contributed by atoms with Crippen LogP contribution in [-0.4, -0.2) is 40.1 Å². The molecular formula is C34H35N5O2. The molecule has 1 unspecified atom stereocenters. The molecule has 208 valence electrons. The molecule has 2 aliphatic rings. The first-order chi connectivity index (χ1) is 20.2. The third kappa shape index (κ3) is 5.53. The number of amides is 1. The summed E-state index contributed by atoms with van der Waals surface area (Å²) >= 11 is 0. The summed E-state index contributed by atoms with van der Waals surface area (Å²) in [5.74, 6) is 1.16. The van der Waals surface area contributed by atoms with Crippen LogP contribution in [-0.2, 0) is 0 Å². The van der Waals surface area contributed by atoms with E-state index in [1.807, 2.05) is 47.4 Å². The molecule has 1 aromatic heterocycles. The summed E-state index contributed by atoms with van der Waals surface area (Å²) < 4.78 is 6.35. The lowest BCUT2D eigenvalue weighted by Crippen LogP contribution is -2.35. The number of nitrogens with zero attached hydrogens (tertiary/aromatic N) is 4. The van der Waals surface area contributed by atoms with Crippen molar-refractivity contribution in [2.45, 2.75) is 63.5 Å². The number of piperidine rings is 1. The van der Waals surface area contributed by atoms with E-state index in [4.69, 9.17) is 4.42 Å². The van der Waals surface area contributed by atoms with Crippen LogP contribution >= 0.6 is 0 Å². The summed E-state index contributed by atoms with van der Waals surface area (Å²) in [6, 6.07) is 26.1. The normalized spacial score (nSPS) is 20.6. The van der Waals surface area contributed by atoms with E-state index >= 15 is 0 Å². The van der Waals surface area contributed by atoms with Gasteiger partial charge in [-0.3, -0.25) is 4.79 Å². The van der Waals surface area contributed by atoms with E-state index < -0.39 is 0 Å². The number of benzene rings is 3. The molecule has 3 heterocycles. The lowest BCUT2D eigenvalue weighted by Gasteiger charge is -2.30. The van der Waals surface area contributed by atoms with E-state index in [1.165, 1.54) is 5.56 Å². The van der Waals surface area contributed by atoms with Crippen LogP contribution in [0.4, 0.5) is 0 Å². The van der Waals surface area contributed by atoms with Crippen LogP contribution in [0.15, 0.2) is 77.2 Å². The Bertz CT molecular complexity index is 1560. The zero-order valence-corrected chi connectivity index (χ0v) is 23.4. The Hall–Kier alpha value is -4.28. The molecule has 41 heavy (non-hydrogen) atoms. The minimum atomic E-state index is -0.0876. The predicted octanol–water partition coefficient (Wildman–Crippen LogP) is 6.89. The van der Waals surface area contributed by atoms with Crippen molar-refractivity contribution in [2.24, 2.45) is 0 Å². The number of hydrogen-bond acceptors (Lipinski definition) is 6. The number of nitrogens with one attached hydrogen (secondary N) is 1. The molecule has 2 saturated heterocycles. The van der Waals surface area contributed by atoms with Crippen molar-refractivity contribution in [1.82, 2.24) is 20.4 Å². The van der Waals surface area contributed by atoms with Gasteiger partial charge in [-0.25, -0.2) is 0 Å². The molecule has 4 aromatic rings. The summed E-state index contributed by atoms with van der Waals surface area (Å²) in [4.78, 5) is 15.9. The van der Waals surface area contributed by atoms with Gasteiger partial charge in [-0.05, 0) is 79.6 Å². The van der Waals surface area contributed by atoms with Gasteiger partial charge in [0.05, 0.1) is 17.7 Å². The van der Waals surface area contributed by atoms with Gasteiger partial charge in [0, 0.05) is 29.6 Å². The van der Waals surface area contributed by atoms with Gasteiger partial charge in [0.15, 0.2) is 0 Å². The van der Waals surface area contributed by atoms with Crippen LogP contribution in [0.25, 0.3) is 22.6 Å². The molecule has 0 radical (unpaired) electrons. The second kappa shape index (κ2) is 12.1. The van der Waals surface area contributed by atoms with Gasteiger partial charge in [-0.2, -0.15) is 5.26 Å². The molecule has 2 fully saturated rings. The number of likely N-dealkylation sites (tertiary alicyclic amines) is 1. The first-order valence-electron chi connectivity index (χ1n) is 14.7. The van der Waals surface area contributed by atoms with Crippen LogP contribution in [0.3, 0.4) is 0 Å². The van der Waals surface area contributed by atoms with Gasteiger partial charge >= 0.3 is 0 Å². The summed E-state index contributed by atoms with van der Waals surface area (Å²) in [5.41, 5.74) is 4.61. The van der Waals surface area contributed by atoms with Crippen molar-refractivity contribution in [3.8, 4) is 28.7 Å². The van der Waals surface area contributed by atoms with Gasteiger partial charge < -0.3 is 14.6 Å². The van der Waals surface area contributed by atoms with E-state index in [1.54, 1.807) is 6.07 Å². The van der Waals surface area contributed by atoms with Gasteiger partial charge in [0.1, 0.15) is 0 Å². The van der Waals surface area contributed by atoms with Crippen molar-refractivity contribution in [1.29, 1.82) is 5.26 Å². The van der Waals surface area contributed by atoms with Gasteiger partial charge in [0.25, 0.3) is 5.91 Å². The zero-order valence-electron chi connectivity index (χ0n) is 23.4. The summed E-state index contributed by atoms with van der Waals surface area (Å²) in [7, 11) is 0. The molecule has 2 aliphatic heterocycles. The quantitative estimate of drug-likeness (QED) is 0.272. The van der Waals surface area contributed by atoms with E-state index in [-0.39, 0.29) is 23.9 Å². The van der Waals surface area contributed by atoms with Gasteiger partial charge in [-0.15, -0.1) is 10.2 Å². The fourth-order valence-corrected chi connectivity index (χ4v) is 6.45. The highest BCUT2D eigenvalue weighted by molar-refractivity contribution is 5.97. The summed E-state index contributed by atoms with van der Waals surface area (Å²) in [6.07, 6.45) is 6.21. The van der Waals surface area contributed by atoms with Crippen molar-refractivity contribution in [2.75, 3.05) is 13.1 Å². The molecule has 0 spiro atoms. The number of carbonyl (C=O) groups is 1. The van der Waals surface area contributed by atoms with E-state index in [9.17, 15) is 10.1 Å². The number of rotatable bonds is 7. The molecule has 0 bridgehead atoms. The molecule has 7 nitrogen and oxygen atoms in total. The average molecular weight is 546 g/mol. The highest BCUT2D eigenvalue weighted by Crippen LogP contribution is 2.38. The lowest BCUT2D eigenvalue weighted by atomic mass is 9.85. The molecule has 7 heteroatoms. The SMILES string of the molecule is CCCC1CCCN1C(=O)c1cc(-c2nnc([C@H]3NCCC[C@H]3c3ccccc3)o2)cc(-c2ccccc2C#N)c1. The molecule has 3 aromatic carbocycles. The molecule has 6 rings (SSSR count). The zero-order chi connectivity index (χ0) is 28.2. The number of hydrogen-bond donors (Lipinski definition) is 1. The monoisotopic (exact) mass is 545 g/mol. The van der Waals surface area contributed by atoms with Crippen LogP contribution in [0.1, 0.15) is 84.8 Å². The molecule has 1 amide bonds. The second-order valence-corrected chi connectivity index (χ2v) is 11.1. The average Bonchev–Trinajstić information content (AvgIpc) is 3.72. The van der Waals surface area contributed by atoms with Crippen LogP contribution in [0.2, 0.25) is 0 Å².